The lowest BCUT2D eigenvalue weighted by molar-refractivity contribution is 0.0695. The molecule has 1 aromatic rings. The van der Waals surface area contributed by atoms with E-state index in [9.17, 15) is 4.79 Å². The number of hydrogen-bond donors (Lipinski definition) is 1. The van der Waals surface area contributed by atoms with Crippen LogP contribution in [0.1, 0.15) is 61.5 Å². The zero-order chi connectivity index (χ0) is 12.5. The van der Waals surface area contributed by atoms with Crippen LogP contribution in [0.25, 0.3) is 0 Å². The number of hydrogen-bond acceptors (Lipinski definition) is 2. The fourth-order valence-corrected chi connectivity index (χ4v) is 1.90. The van der Waals surface area contributed by atoms with Gasteiger partial charge in [0.2, 0.25) is 0 Å². The molecule has 1 N–H and O–H groups in total. The maximum absolute atomic E-state index is 11.0. The number of carbonyl (C=O) groups is 1. The van der Waals surface area contributed by atoms with E-state index in [1.54, 1.807) is 18.3 Å². The van der Waals surface area contributed by atoms with Crippen molar-refractivity contribution in [3.8, 4) is 0 Å². The second-order valence-corrected chi connectivity index (χ2v) is 4.32. The normalized spacial score (nSPS) is 10.4. The molecule has 94 valence electrons. The van der Waals surface area contributed by atoms with Crippen molar-refractivity contribution < 1.29 is 9.90 Å². The lowest BCUT2D eigenvalue weighted by atomic mass is 10.1. The van der Waals surface area contributed by atoms with Crippen LogP contribution in [0.15, 0.2) is 18.3 Å². The summed E-state index contributed by atoms with van der Waals surface area (Å²) < 4.78 is 0. The van der Waals surface area contributed by atoms with E-state index in [1.807, 2.05) is 0 Å². The van der Waals surface area contributed by atoms with Gasteiger partial charge in [-0.1, -0.05) is 39.0 Å². The molecule has 0 aliphatic rings. The van der Waals surface area contributed by atoms with Crippen LogP contribution in [0, 0.1) is 0 Å². The van der Waals surface area contributed by atoms with Crippen LogP contribution in [-0.2, 0) is 6.42 Å². The molecule has 0 fully saturated rings. The number of unbranched alkanes of at least 4 members (excludes halogenated alkanes) is 5. The molecule has 0 saturated carbocycles. The number of aromatic nitrogens is 1. The molecule has 1 rings (SSSR count). The topological polar surface area (TPSA) is 50.2 Å². The Morgan fingerprint density at radius 1 is 1.24 bits per heavy atom. The standard InChI is InChI=1S/C14H21NO2/c1-2-3-4-5-6-7-10-13-12(14(16)17)9-8-11-15-13/h8-9,11H,2-7,10H2,1H3,(H,16,17). The van der Waals surface area contributed by atoms with Crippen molar-refractivity contribution in [2.45, 2.75) is 51.9 Å². The van der Waals surface area contributed by atoms with E-state index in [-0.39, 0.29) is 0 Å². The smallest absolute Gasteiger partial charge is 0.337 e. The van der Waals surface area contributed by atoms with Crippen molar-refractivity contribution >= 4 is 5.97 Å². The molecule has 0 aliphatic carbocycles. The van der Waals surface area contributed by atoms with E-state index < -0.39 is 5.97 Å². The first-order chi connectivity index (χ1) is 8.25. The molecule has 0 amide bonds. The highest BCUT2D eigenvalue weighted by Gasteiger charge is 2.09. The van der Waals surface area contributed by atoms with Gasteiger partial charge >= 0.3 is 5.97 Å². The Morgan fingerprint density at radius 3 is 2.65 bits per heavy atom. The fourth-order valence-electron chi connectivity index (χ4n) is 1.90. The number of aryl methyl sites for hydroxylation is 1. The summed E-state index contributed by atoms with van der Waals surface area (Å²) in [6, 6.07) is 3.30. The largest absolute Gasteiger partial charge is 0.478 e. The lowest BCUT2D eigenvalue weighted by Crippen LogP contribution is -2.04. The second-order valence-electron chi connectivity index (χ2n) is 4.32. The van der Waals surface area contributed by atoms with Crippen molar-refractivity contribution in [1.29, 1.82) is 0 Å². The van der Waals surface area contributed by atoms with Gasteiger partial charge in [-0.3, -0.25) is 4.98 Å². The van der Waals surface area contributed by atoms with Crippen LogP contribution in [0.2, 0.25) is 0 Å². The molecule has 0 aromatic carbocycles. The Bertz CT molecular complexity index is 350. The third-order valence-corrected chi connectivity index (χ3v) is 2.89. The molecule has 1 aromatic heterocycles. The van der Waals surface area contributed by atoms with Crippen LogP contribution in [0.5, 0.6) is 0 Å². The fraction of sp³-hybridized carbons (Fsp3) is 0.571. The van der Waals surface area contributed by atoms with Crippen LogP contribution in [0.3, 0.4) is 0 Å². The molecule has 0 bridgehead atoms. The Kier molecular flexibility index (Phi) is 6.30. The average molecular weight is 235 g/mol. The van der Waals surface area contributed by atoms with Gasteiger partial charge < -0.3 is 5.11 Å². The number of pyridine rings is 1. The van der Waals surface area contributed by atoms with Gasteiger partial charge in [0.25, 0.3) is 0 Å². The maximum Gasteiger partial charge on any atom is 0.337 e. The van der Waals surface area contributed by atoms with E-state index in [0.717, 1.165) is 25.0 Å². The van der Waals surface area contributed by atoms with Gasteiger partial charge in [-0.15, -0.1) is 0 Å². The number of carboxylic acids is 1. The molecule has 0 atom stereocenters. The molecule has 0 radical (unpaired) electrons. The Hall–Kier alpha value is -1.38. The Labute approximate surface area is 103 Å². The van der Waals surface area contributed by atoms with Gasteiger partial charge in [0.05, 0.1) is 11.3 Å². The zero-order valence-electron chi connectivity index (χ0n) is 10.5. The van der Waals surface area contributed by atoms with Crippen LogP contribution in [-0.4, -0.2) is 16.1 Å². The van der Waals surface area contributed by atoms with Crippen LogP contribution < -0.4 is 0 Å². The predicted molar refractivity (Wildman–Crippen MR) is 68.3 cm³/mol. The number of carboxylic acid groups (broad SMARTS) is 1. The van der Waals surface area contributed by atoms with E-state index in [1.165, 1.54) is 25.7 Å². The lowest BCUT2D eigenvalue weighted by Gasteiger charge is -2.04. The van der Waals surface area contributed by atoms with Gasteiger partial charge in [-0.25, -0.2) is 4.79 Å². The third-order valence-electron chi connectivity index (χ3n) is 2.89. The zero-order valence-corrected chi connectivity index (χ0v) is 10.5. The van der Waals surface area contributed by atoms with Crippen molar-refractivity contribution in [2.75, 3.05) is 0 Å². The van der Waals surface area contributed by atoms with Crippen molar-refractivity contribution in [3.63, 3.8) is 0 Å². The third kappa shape index (κ3) is 4.98. The van der Waals surface area contributed by atoms with Gasteiger partial charge in [0.15, 0.2) is 0 Å². The number of nitrogens with zero attached hydrogens (tertiary/aromatic N) is 1. The SMILES string of the molecule is CCCCCCCCc1ncccc1C(=O)O. The molecule has 3 nitrogen and oxygen atoms in total. The number of aromatic carboxylic acids is 1. The Morgan fingerprint density at radius 2 is 1.94 bits per heavy atom. The van der Waals surface area contributed by atoms with Gasteiger partial charge in [0.1, 0.15) is 0 Å². The summed E-state index contributed by atoms with van der Waals surface area (Å²) in [5.41, 5.74) is 1.07. The Balaban J connectivity index is 2.34. The first-order valence-corrected chi connectivity index (χ1v) is 6.43. The molecule has 0 aliphatic heterocycles. The molecular weight excluding hydrogens is 214 g/mol. The first kappa shape index (κ1) is 13.7. The molecule has 0 spiro atoms. The average Bonchev–Trinajstić information content (AvgIpc) is 2.34. The molecule has 3 heteroatoms. The summed E-state index contributed by atoms with van der Waals surface area (Å²) >= 11 is 0. The minimum atomic E-state index is -0.876. The van der Waals surface area contributed by atoms with Crippen LogP contribution >= 0.6 is 0 Å². The first-order valence-electron chi connectivity index (χ1n) is 6.43. The van der Waals surface area contributed by atoms with E-state index in [2.05, 4.69) is 11.9 Å². The minimum Gasteiger partial charge on any atom is -0.478 e. The molecule has 17 heavy (non-hydrogen) atoms. The molecular formula is C14H21NO2. The van der Waals surface area contributed by atoms with E-state index >= 15 is 0 Å². The van der Waals surface area contributed by atoms with E-state index in [0.29, 0.717) is 5.56 Å². The van der Waals surface area contributed by atoms with Gasteiger partial charge in [-0.2, -0.15) is 0 Å². The molecule has 1 heterocycles. The summed E-state index contributed by atoms with van der Waals surface area (Å²) in [4.78, 5) is 15.1. The van der Waals surface area contributed by atoms with E-state index in [4.69, 9.17) is 5.11 Å². The summed E-state index contributed by atoms with van der Waals surface area (Å²) in [6.45, 7) is 2.20. The van der Waals surface area contributed by atoms with Crippen molar-refractivity contribution in [1.82, 2.24) is 4.98 Å². The summed E-state index contributed by atoms with van der Waals surface area (Å²) in [5, 5.41) is 9.00. The highest BCUT2D eigenvalue weighted by molar-refractivity contribution is 5.88. The molecule has 0 saturated heterocycles. The summed E-state index contributed by atoms with van der Waals surface area (Å²) in [6.07, 6.45) is 9.70. The highest BCUT2D eigenvalue weighted by Crippen LogP contribution is 2.11. The summed E-state index contributed by atoms with van der Waals surface area (Å²) in [5.74, 6) is -0.876. The predicted octanol–water partition coefficient (Wildman–Crippen LogP) is 3.68. The maximum atomic E-state index is 11.0. The van der Waals surface area contributed by atoms with Crippen LogP contribution in [0.4, 0.5) is 0 Å². The quantitative estimate of drug-likeness (QED) is 0.699. The minimum absolute atomic E-state index is 0.348. The van der Waals surface area contributed by atoms with Crippen molar-refractivity contribution in [3.05, 3.63) is 29.6 Å². The summed E-state index contributed by atoms with van der Waals surface area (Å²) in [7, 11) is 0. The second kappa shape index (κ2) is 7.82. The monoisotopic (exact) mass is 235 g/mol. The highest BCUT2D eigenvalue weighted by atomic mass is 16.4. The number of rotatable bonds is 8. The molecule has 0 unspecified atom stereocenters. The van der Waals surface area contributed by atoms with Gasteiger partial charge in [-0.05, 0) is 25.0 Å². The van der Waals surface area contributed by atoms with Gasteiger partial charge in [0, 0.05) is 6.20 Å². The van der Waals surface area contributed by atoms with Crippen molar-refractivity contribution in [2.24, 2.45) is 0 Å².